The number of rotatable bonds is 8. The molecule has 0 saturated heterocycles. The van der Waals surface area contributed by atoms with E-state index in [1.54, 1.807) is 6.20 Å². The van der Waals surface area contributed by atoms with Gasteiger partial charge in [-0.25, -0.2) is 9.48 Å². The SMILES string of the molecule is COc1cc(COC(=O)c2nn(-c3ccccc3)cc2OC)ccc1OC(F)F. The van der Waals surface area contributed by atoms with Gasteiger partial charge < -0.3 is 18.9 Å². The summed E-state index contributed by atoms with van der Waals surface area (Å²) in [7, 11) is 2.75. The smallest absolute Gasteiger partial charge is 0.387 e. The molecular formula is C20H18F2N2O5. The summed E-state index contributed by atoms with van der Waals surface area (Å²) in [4.78, 5) is 12.5. The lowest BCUT2D eigenvalue weighted by Crippen LogP contribution is -2.09. The fourth-order valence-corrected chi connectivity index (χ4v) is 2.57. The third kappa shape index (κ3) is 4.81. The molecule has 0 bridgehead atoms. The van der Waals surface area contributed by atoms with Crippen molar-refractivity contribution in [2.24, 2.45) is 0 Å². The second-order valence-corrected chi connectivity index (χ2v) is 5.77. The van der Waals surface area contributed by atoms with E-state index in [9.17, 15) is 13.6 Å². The zero-order chi connectivity index (χ0) is 20.8. The second kappa shape index (κ2) is 9.05. The van der Waals surface area contributed by atoms with Crippen LogP contribution in [0.25, 0.3) is 5.69 Å². The molecule has 0 aliphatic heterocycles. The Hall–Kier alpha value is -3.62. The van der Waals surface area contributed by atoms with E-state index in [4.69, 9.17) is 14.2 Å². The van der Waals surface area contributed by atoms with E-state index in [1.807, 2.05) is 30.3 Å². The average molecular weight is 404 g/mol. The zero-order valence-electron chi connectivity index (χ0n) is 15.7. The van der Waals surface area contributed by atoms with E-state index in [0.717, 1.165) is 5.69 Å². The maximum Gasteiger partial charge on any atom is 0.387 e. The summed E-state index contributed by atoms with van der Waals surface area (Å²) in [6, 6.07) is 13.5. The molecule has 0 radical (unpaired) electrons. The van der Waals surface area contributed by atoms with Crippen LogP contribution < -0.4 is 14.2 Å². The Morgan fingerprint density at radius 3 is 2.41 bits per heavy atom. The maximum atomic E-state index is 12.5. The first-order chi connectivity index (χ1) is 14.0. The van der Waals surface area contributed by atoms with Crippen LogP contribution in [0.3, 0.4) is 0 Å². The van der Waals surface area contributed by atoms with Gasteiger partial charge in [-0.3, -0.25) is 0 Å². The number of carbonyl (C=O) groups excluding carboxylic acids is 1. The normalized spacial score (nSPS) is 10.7. The molecule has 7 nitrogen and oxygen atoms in total. The Bertz CT molecular complexity index is 976. The molecule has 0 amide bonds. The minimum atomic E-state index is -2.97. The summed E-state index contributed by atoms with van der Waals surface area (Å²) in [6.45, 7) is -3.09. The van der Waals surface area contributed by atoms with Gasteiger partial charge in [0.25, 0.3) is 0 Å². The van der Waals surface area contributed by atoms with Crippen molar-refractivity contribution in [2.75, 3.05) is 14.2 Å². The standard InChI is InChI=1S/C20H18F2N2O5/c1-26-16-10-13(8-9-15(16)29-20(21)22)12-28-19(25)18-17(27-2)11-24(23-18)14-6-4-3-5-7-14/h3-11,20H,12H2,1-2H3. The summed E-state index contributed by atoms with van der Waals surface area (Å²) < 4.78 is 46.2. The molecule has 3 aromatic rings. The Balaban J connectivity index is 1.73. The second-order valence-electron chi connectivity index (χ2n) is 5.77. The van der Waals surface area contributed by atoms with Gasteiger partial charge in [0.15, 0.2) is 17.2 Å². The molecule has 0 spiro atoms. The van der Waals surface area contributed by atoms with Crippen LogP contribution in [-0.4, -0.2) is 36.6 Å². The van der Waals surface area contributed by atoms with Crippen LogP contribution >= 0.6 is 0 Å². The van der Waals surface area contributed by atoms with Crippen molar-refractivity contribution < 1.29 is 32.5 Å². The van der Waals surface area contributed by atoms with Gasteiger partial charge in [0.2, 0.25) is 5.69 Å². The highest BCUT2D eigenvalue weighted by molar-refractivity contribution is 5.90. The van der Waals surface area contributed by atoms with E-state index >= 15 is 0 Å². The number of esters is 1. The lowest BCUT2D eigenvalue weighted by atomic mass is 10.2. The first-order valence-corrected chi connectivity index (χ1v) is 8.49. The highest BCUT2D eigenvalue weighted by Crippen LogP contribution is 2.30. The molecule has 1 heterocycles. The van der Waals surface area contributed by atoms with Crippen LogP contribution in [0.4, 0.5) is 8.78 Å². The predicted molar refractivity (Wildman–Crippen MR) is 98.9 cm³/mol. The minimum absolute atomic E-state index is 0.0148. The fraction of sp³-hybridized carbons (Fsp3) is 0.200. The van der Waals surface area contributed by atoms with Gasteiger partial charge in [-0.05, 0) is 29.8 Å². The predicted octanol–water partition coefficient (Wildman–Crippen LogP) is 3.85. The number of alkyl halides is 2. The Morgan fingerprint density at radius 2 is 1.76 bits per heavy atom. The third-order valence-electron chi connectivity index (χ3n) is 3.93. The van der Waals surface area contributed by atoms with Crippen molar-refractivity contribution in [1.29, 1.82) is 0 Å². The van der Waals surface area contributed by atoms with E-state index < -0.39 is 12.6 Å². The summed E-state index contributed by atoms with van der Waals surface area (Å²) in [6.07, 6.45) is 1.57. The van der Waals surface area contributed by atoms with Crippen molar-refractivity contribution in [3.63, 3.8) is 0 Å². The molecule has 152 valence electrons. The minimum Gasteiger partial charge on any atom is -0.493 e. The molecule has 0 fully saturated rings. The van der Waals surface area contributed by atoms with E-state index in [2.05, 4.69) is 9.84 Å². The topological polar surface area (TPSA) is 71.8 Å². The first kappa shape index (κ1) is 20.1. The number of para-hydroxylation sites is 1. The van der Waals surface area contributed by atoms with E-state index in [-0.39, 0.29) is 29.5 Å². The van der Waals surface area contributed by atoms with Crippen LogP contribution in [0.5, 0.6) is 17.2 Å². The number of hydrogen-bond donors (Lipinski definition) is 0. The van der Waals surface area contributed by atoms with Crippen LogP contribution in [0, 0.1) is 0 Å². The number of halogens is 2. The van der Waals surface area contributed by atoms with Gasteiger partial charge in [0, 0.05) is 0 Å². The van der Waals surface area contributed by atoms with Gasteiger partial charge in [0.1, 0.15) is 6.61 Å². The van der Waals surface area contributed by atoms with Crippen LogP contribution in [0.15, 0.2) is 54.7 Å². The lowest BCUT2D eigenvalue weighted by Gasteiger charge is -2.11. The van der Waals surface area contributed by atoms with Crippen molar-refractivity contribution >= 4 is 5.97 Å². The number of nitrogens with zero attached hydrogens (tertiary/aromatic N) is 2. The number of aromatic nitrogens is 2. The first-order valence-electron chi connectivity index (χ1n) is 8.49. The Labute approximate surface area is 165 Å². The molecule has 0 aliphatic carbocycles. The van der Waals surface area contributed by atoms with Crippen molar-refractivity contribution in [3.8, 4) is 22.9 Å². The average Bonchev–Trinajstić information content (AvgIpc) is 3.17. The molecular weight excluding hydrogens is 386 g/mol. The van der Waals surface area contributed by atoms with Crippen LogP contribution in [0.2, 0.25) is 0 Å². The van der Waals surface area contributed by atoms with Gasteiger partial charge in [-0.15, -0.1) is 0 Å². The summed E-state index contributed by atoms with van der Waals surface area (Å²) in [5.74, 6) is -0.439. The van der Waals surface area contributed by atoms with Crippen molar-refractivity contribution in [1.82, 2.24) is 9.78 Å². The lowest BCUT2D eigenvalue weighted by molar-refractivity contribution is -0.0512. The van der Waals surface area contributed by atoms with E-state index in [1.165, 1.54) is 37.1 Å². The molecule has 0 aliphatic rings. The molecule has 0 atom stereocenters. The molecule has 29 heavy (non-hydrogen) atoms. The Morgan fingerprint density at radius 1 is 1.03 bits per heavy atom. The van der Waals surface area contributed by atoms with E-state index in [0.29, 0.717) is 5.56 Å². The molecule has 0 unspecified atom stereocenters. The van der Waals surface area contributed by atoms with Gasteiger partial charge in [0.05, 0.1) is 26.1 Å². The third-order valence-corrected chi connectivity index (χ3v) is 3.93. The Kier molecular flexibility index (Phi) is 6.28. The molecule has 3 rings (SSSR count). The van der Waals surface area contributed by atoms with Gasteiger partial charge in [-0.2, -0.15) is 13.9 Å². The quantitative estimate of drug-likeness (QED) is 0.531. The monoisotopic (exact) mass is 404 g/mol. The molecule has 0 saturated carbocycles. The van der Waals surface area contributed by atoms with Crippen molar-refractivity contribution in [3.05, 3.63) is 66.0 Å². The summed E-state index contributed by atoms with van der Waals surface area (Å²) >= 11 is 0. The molecule has 0 N–H and O–H groups in total. The van der Waals surface area contributed by atoms with Gasteiger partial charge >= 0.3 is 12.6 Å². The highest BCUT2D eigenvalue weighted by Gasteiger charge is 2.20. The number of ether oxygens (including phenoxy) is 4. The van der Waals surface area contributed by atoms with Crippen molar-refractivity contribution in [2.45, 2.75) is 13.2 Å². The van der Waals surface area contributed by atoms with Crippen LogP contribution in [0.1, 0.15) is 16.1 Å². The van der Waals surface area contributed by atoms with Gasteiger partial charge in [-0.1, -0.05) is 24.3 Å². The zero-order valence-corrected chi connectivity index (χ0v) is 15.7. The molecule has 9 heteroatoms. The summed E-state index contributed by atoms with van der Waals surface area (Å²) in [5.41, 5.74) is 1.29. The number of carbonyl (C=O) groups is 1. The number of hydrogen-bond acceptors (Lipinski definition) is 6. The fourth-order valence-electron chi connectivity index (χ4n) is 2.57. The molecule has 2 aromatic carbocycles. The summed E-state index contributed by atoms with van der Waals surface area (Å²) in [5, 5.41) is 4.23. The number of benzene rings is 2. The number of methoxy groups -OCH3 is 2. The largest absolute Gasteiger partial charge is 0.493 e. The maximum absolute atomic E-state index is 12.5. The highest BCUT2D eigenvalue weighted by atomic mass is 19.3. The molecule has 1 aromatic heterocycles. The van der Waals surface area contributed by atoms with Crippen LogP contribution in [-0.2, 0) is 11.3 Å².